The maximum Gasteiger partial charge on any atom is 0.422 e. The van der Waals surface area contributed by atoms with Gasteiger partial charge in [-0.1, -0.05) is 29.8 Å². The molecule has 1 aromatic carbocycles. The molecule has 1 heterocycles. The molecule has 2 rings (SSSR count). The summed E-state index contributed by atoms with van der Waals surface area (Å²) in [6.45, 7) is 2.47. The molecule has 0 spiro atoms. The second-order valence-corrected chi connectivity index (χ2v) is 6.28. The molecular weight excluding hydrogens is 385 g/mol. The molecule has 9 heteroatoms. The van der Waals surface area contributed by atoms with Crippen molar-refractivity contribution < 1.29 is 27.4 Å². The summed E-state index contributed by atoms with van der Waals surface area (Å²) < 4.78 is 46.7. The van der Waals surface area contributed by atoms with Crippen molar-refractivity contribution in [2.24, 2.45) is 0 Å². The molecule has 0 saturated heterocycles. The number of ether oxygens (including phenoxy) is 2. The van der Waals surface area contributed by atoms with Gasteiger partial charge in [0.2, 0.25) is 5.88 Å². The van der Waals surface area contributed by atoms with Crippen LogP contribution in [0, 0.1) is 0 Å². The van der Waals surface area contributed by atoms with E-state index >= 15 is 0 Å². The number of rotatable bonds is 7. The lowest BCUT2D eigenvalue weighted by molar-refractivity contribution is -0.154. The first-order valence-electron chi connectivity index (χ1n) is 8.03. The van der Waals surface area contributed by atoms with Gasteiger partial charge < -0.3 is 14.8 Å². The summed E-state index contributed by atoms with van der Waals surface area (Å²) in [5, 5.41) is 2.51. The Labute approximate surface area is 159 Å². The van der Waals surface area contributed by atoms with Crippen LogP contribution in [-0.2, 0) is 6.54 Å². The van der Waals surface area contributed by atoms with Crippen LogP contribution < -0.4 is 14.8 Å². The number of alkyl halides is 3. The number of para-hydroxylation sites is 1. The van der Waals surface area contributed by atoms with E-state index in [0.29, 0.717) is 5.75 Å². The fourth-order valence-electron chi connectivity index (χ4n) is 2.10. The number of halogens is 4. The Morgan fingerprint density at radius 2 is 2.00 bits per heavy atom. The topological polar surface area (TPSA) is 60.5 Å². The highest BCUT2D eigenvalue weighted by Crippen LogP contribution is 2.25. The number of amides is 1. The largest absolute Gasteiger partial charge is 0.491 e. The smallest absolute Gasteiger partial charge is 0.422 e. The molecule has 0 unspecified atom stereocenters. The first kappa shape index (κ1) is 20.8. The van der Waals surface area contributed by atoms with Gasteiger partial charge in [0.05, 0.1) is 11.7 Å². The third-order valence-electron chi connectivity index (χ3n) is 3.22. The van der Waals surface area contributed by atoms with Crippen LogP contribution in [-0.4, -0.2) is 29.8 Å². The Morgan fingerprint density at radius 1 is 1.30 bits per heavy atom. The summed E-state index contributed by atoms with van der Waals surface area (Å²) in [6.07, 6.45) is -3.43. The lowest BCUT2D eigenvalue weighted by Crippen LogP contribution is -2.24. The minimum absolute atomic E-state index is 0.0194. The molecule has 1 N–H and O–H groups in total. The van der Waals surface area contributed by atoms with Crippen molar-refractivity contribution in [3.63, 3.8) is 0 Å². The van der Waals surface area contributed by atoms with Gasteiger partial charge in [0.15, 0.2) is 6.61 Å². The quantitative estimate of drug-likeness (QED) is 0.746. The maximum atomic E-state index is 12.3. The van der Waals surface area contributed by atoms with E-state index in [1.165, 1.54) is 6.07 Å². The Hall–Kier alpha value is -2.48. The predicted molar refractivity (Wildman–Crippen MR) is 94.2 cm³/mol. The van der Waals surface area contributed by atoms with E-state index in [-0.39, 0.29) is 29.1 Å². The third-order valence-corrected chi connectivity index (χ3v) is 3.49. The average Bonchev–Trinajstić information content (AvgIpc) is 2.58. The number of hydrogen-bond donors (Lipinski definition) is 1. The number of benzene rings is 1. The van der Waals surface area contributed by atoms with Crippen molar-refractivity contribution in [2.45, 2.75) is 32.7 Å². The van der Waals surface area contributed by atoms with Crippen LogP contribution in [0.25, 0.3) is 0 Å². The molecule has 2 aromatic rings. The maximum absolute atomic E-state index is 12.3. The molecule has 146 valence electrons. The summed E-state index contributed by atoms with van der Waals surface area (Å²) in [6, 6.07) is 8.46. The fraction of sp³-hybridized carbons (Fsp3) is 0.333. The Bertz CT molecular complexity index is 798. The second-order valence-electron chi connectivity index (χ2n) is 5.87. The SMILES string of the molecule is CC(C)Oc1ccccc1CNC(=O)c1cnc(OCC(F)(F)F)c(Cl)c1. The Kier molecular flexibility index (Phi) is 6.90. The molecule has 0 aliphatic heterocycles. The monoisotopic (exact) mass is 402 g/mol. The average molecular weight is 403 g/mol. The number of carbonyl (C=O) groups excluding carboxylic acids is 1. The van der Waals surface area contributed by atoms with E-state index in [4.69, 9.17) is 16.3 Å². The molecule has 0 radical (unpaired) electrons. The number of nitrogens with one attached hydrogen (secondary N) is 1. The highest BCUT2D eigenvalue weighted by atomic mass is 35.5. The summed E-state index contributed by atoms with van der Waals surface area (Å²) in [5.41, 5.74) is 0.880. The third kappa shape index (κ3) is 6.63. The zero-order valence-corrected chi connectivity index (χ0v) is 15.4. The van der Waals surface area contributed by atoms with Gasteiger partial charge in [0.25, 0.3) is 5.91 Å². The molecule has 0 saturated carbocycles. The molecule has 0 aliphatic rings. The van der Waals surface area contributed by atoms with Gasteiger partial charge in [-0.3, -0.25) is 4.79 Å². The molecule has 0 fully saturated rings. The predicted octanol–water partition coefficient (Wildman–Crippen LogP) is 4.39. The molecule has 1 amide bonds. The van der Waals surface area contributed by atoms with E-state index in [2.05, 4.69) is 15.0 Å². The summed E-state index contributed by atoms with van der Waals surface area (Å²) in [5.74, 6) is -0.216. The van der Waals surface area contributed by atoms with Crippen LogP contribution in [0.2, 0.25) is 5.02 Å². The zero-order chi connectivity index (χ0) is 20.0. The lowest BCUT2D eigenvalue weighted by atomic mass is 10.2. The van der Waals surface area contributed by atoms with Crippen molar-refractivity contribution in [1.29, 1.82) is 0 Å². The van der Waals surface area contributed by atoms with Crippen molar-refractivity contribution in [3.05, 3.63) is 52.7 Å². The molecule has 27 heavy (non-hydrogen) atoms. The minimum atomic E-state index is -4.51. The van der Waals surface area contributed by atoms with Crippen LogP contribution in [0.3, 0.4) is 0 Å². The Balaban J connectivity index is 2.02. The highest BCUT2D eigenvalue weighted by Gasteiger charge is 2.29. The number of hydrogen-bond acceptors (Lipinski definition) is 4. The van der Waals surface area contributed by atoms with Gasteiger partial charge in [-0.05, 0) is 26.0 Å². The molecular formula is C18H18ClF3N2O3. The van der Waals surface area contributed by atoms with Crippen molar-refractivity contribution >= 4 is 17.5 Å². The highest BCUT2D eigenvalue weighted by molar-refractivity contribution is 6.32. The van der Waals surface area contributed by atoms with Crippen LogP contribution >= 0.6 is 11.6 Å². The molecule has 1 aromatic heterocycles. The molecule has 5 nitrogen and oxygen atoms in total. The minimum Gasteiger partial charge on any atom is -0.491 e. The van der Waals surface area contributed by atoms with Crippen LogP contribution in [0.15, 0.2) is 36.5 Å². The van der Waals surface area contributed by atoms with Crippen LogP contribution in [0.4, 0.5) is 13.2 Å². The zero-order valence-electron chi connectivity index (χ0n) is 14.6. The molecule has 0 aliphatic carbocycles. The molecule has 0 bridgehead atoms. The van der Waals surface area contributed by atoms with E-state index in [0.717, 1.165) is 11.8 Å². The van der Waals surface area contributed by atoms with Crippen molar-refractivity contribution in [3.8, 4) is 11.6 Å². The van der Waals surface area contributed by atoms with Gasteiger partial charge in [-0.25, -0.2) is 4.98 Å². The van der Waals surface area contributed by atoms with Crippen molar-refractivity contribution in [1.82, 2.24) is 10.3 Å². The van der Waals surface area contributed by atoms with Crippen LogP contribution in [0.1, 0.15) is 29.8 Å². The summed E-state index contributed by atoms with van der Waals surface area (Å²) in [4.78, 5) is 15.9. The summed E-state index contributed by atoms with van der Waals surface area (Å²) in [7, 11) is 0. The van der Waals surface area contributed by atoms with Gasteiger partial charge in [0, 0.05) is 18.3 Å². The van der Waals surface area contributed by atoms with E-state index < -0.39 is 18.7 Å². The number of nitrogens with zero attached hydrogens (tertiary/aromatic N) is 1. The normalized spacial score (nSPS) is 11.4. The van der Waals surface area contributed by atoms with Gasteiger partial charge in [-0.15, -0.1) is 0 Å². The van der Waals surface area contributed by atoms with E-state index in [1.54, 1.807) is 6.07 Å². The van der Waals surface area contributed by atoms with E-state index in [9.17, 15) is 18.0 Å². The summed E-state index contributed by atoms with van der Waals surface area (Å²) >= 11 is 5.85. The first-order chi connectivity index (χ1) is 12.7. The second kappa shape index (κ2) is 8.94. The van der Waals surface area contributed by atoms with E-state index in [1.807, 2.05) is 32.0 Å². The van der Waals surface area contributed by atoms with Crippen LogP contribution in [0.5, 0.6) is 11.6 Å². The number of pyridine rings is 1. The molecule has 0 atom stereocenters. The van der Waals surface area contributed by atoms with Crippen molar-refractivity contribution in [2.75, 3.05) is 6.61 Å². The lowest BCUT2D eigenvalue weighted by Gasteiger charge is -2.15. The number of carbonyl (C=O) groups is 1. The fourth-order valence-corrected chi connectivity index (χ4v) is 2.32. The van der Waals surface area contributed by atoms with Gasteiger partial charge in [0.1, 0.15) is 10.8 Å². The van der Waals surface area contributed by atoms with Gasteiger partial charge in [-0.2, -0.15) is 13.2 Å². The standard InChI is InChI=1S/C18H18ClF3N2O3/c1-11(2)27-15-6-4-3-5-12(15)8-23-16(25)13-7-14(19)17(24-9-13)26-10-18(20,21)22/h3-7,9,11H,8,10H2,1-2H3,(H,23,25). The number of aromatic nitrogens is 1. The Morgan fingerprint density at radius 3 is 2.63 bits per heavy atom. The van der Waals surface area contributed by atoms with Gasteiger partial charge >= 0.3 is 6.18 Å². The first-order valence-corrected chi connectivity index (χ1v) is 8.41.